The van der Waals surface area contributed by atoms with Crippen LogP contribution in [0.25, 0.3) is 0 Å². The minimum Gasteiger partial charge on any atom is -0.399 e. The molecule has 0 saturated heterocycles. The molecule has 0 fully saturated rings. The second-order valence-corrected chi connectivity index (χ2v) is 5.05. The molecule has 2 rings (SSSR count). The highest BCUT2D eigenvalue weighted by Gasteiger charge is 2.05. The maximum Gasteiger partial charge on any atom is 0.251 e. The molecular weight excluding hydrogens is 248 g/mol. The van der Waals surface area contributed by atoms with Gasteiger partial charge < -0.3 is 11.1 Å². The number of aryl methyl sites for hydroxylation is 2. The monoisotopic (exact) mass is 268 g/mol. The van der Waals surface area contributed by atoms with Crippen LogP contribution < -0.4 is 11.1 Å². The van der Waals surface area contributed by atoms with Crippen molar-refractivity contribution in [2.45, 2.75) is 20.3 Å². The maximum atomic E-state index is 12.0. The van der Waals surface area contributed by atoms with Gasteiger partial charge in [-0.2, -0.15) is 0 Å². The van der Waals surface area contributed by atoms with Crippen molar-refractivity contribution in [2.75, 3.05) is 12.3 Å². The summed E-state index contributed by atoms with van der Waals surface area (Å²) in [4.78, 5) is 12.0. The molecule has 0 aliphatic rings. The molecule has 3 N–H and O–H groups in total. The van der Waals surface area contributed by atoms with E-state index in [0.29, 0.717) is 12.1 Å². The van der Waals surface area contributed by atoms with Crippen molar-refractivity contribution >= 4 is 11.6 Å². The molecule has 1 amide bonds. The Morgan fingerprint density at radius 2 is 1.75 bits per heavy atom. The number of carbonyl (C=O) groups is 1. The van der Waals surface area contributed by atoms with Crippen molar-refractivity contribution in [3.05, 3.63) is 64.7 Å². The summed E-state index contributed by atoms with van der Waals surface area (Å²) in [6, 6.07) is 13.5. The fourth-order valence-electron chi connectivity index (χ4n) is 1.99. The number of amides is 1. The van der Waals surface area contributed by atoms with E-state index in [1.54, 1.807) is 0 Å². The smallest absolute Gasteiger partial charge is 0.251 e. The molecule has 0 saturated carbocycles. The van der Waals surface area contributed by atoms with Gasteiger partial charge in [0.25, 0.3) is 5.91 Å². The minimum absolute atomic E-state index is 0.0245. The van der Waals surface area contributed by atoms with E-state index < -0.39 is 0 Å². The number of nitrogens with one attached hydrogen (secondary N) is 1. The molecular formula is C17H20N2O. The van der Waals surface area contributed by atoms with Crippen LogP contribution in [0.1, 0.15) is 27.0 Å². The Kier molecular flexibility index (Phi) is 4.41. The molecule has 0 radical (unpaired) electrons. The zero-order valence-electron chi connectivity index (χ0n) is 11.9. The van der Waals surface area contributed by atoms with Gasteiger partial charge in [-0.1, -0.05) is 18.2 Å². The van der Waals surface area contributed by atoms with E-state index in [9.17, 15) is 4.79 Å². The largest absolute Gasteiger partial charge is 0.399 e. The van der Waals surface area contributed by atoms with Crippen molar-refractivity contribution in [2.24, 2.45) is 0 Å². The van der Waals surface area contributed by atoms with Crippen molar-refractivity contribution in [3.8, 4) is 0 Å². The lowest BCUT2D eigenvalue weighted by atomic mass is 10.1. The topological polar surface area (TPSA) is 55.1 Å². The Morgan fingerprint density at radius 1 is 1.05 bits per heavy atom. The van der Waals surface area contributed by atoms with Gasteiger partial charge >= 0.3 is 0 Å². The molecule has 0 heterocycles. The Bertz CT molecular complexity index is 603. The van der Waals surface area contributed by atoms with E-state index in [0.717, 1.165) is 17.7 Å². The van der Waals surface area contributed by atoms with Crippen molar-refractivity contribution in [1.29, 1.82) is 0 Å². The Labute approximate surface area is 119 Å². The molecule has 3 nitrogen and oxygen atoms in total. The van der Waals surface area contributed by atoms with E-state index in [1.165, 1.54) is 11.1 Å². The predicted molar refractivity (Wildman–Crippen MR) is 82.8 cm³/mol. The third kappa shape index (κ3) is 3.60. The van der Waals surface area contributed by atoms with Crippen LogP contribution >= 0.6 is 0 Å². The summed E-state index contributed by atoms with van der Waals surface area (Å²) >= 11 is 0. The third-order valence-electron chi connectivity index (χ3n) is 3.45. The zero-order valence-corrected chi connectivity index (χ0v) is 11.9. The quantitative estimate of drug-likeness (QED) is 0.838. The molecule has 20 heavy (non-hydrogen) atoms. The number of anilines is 1. The van der Waals surface area contributed by atoms with Gasteiger partial charge in [-0.15, -0.1) is 0 Å². The lowest BCUT2D eigenvalue weighted by Gasteiger charge is -2.07. The second kappa shape index (κ2) is 6.24. The molecule has 0 unspecified atom stereocenters. The molecule has 3 heteroatoms. The third-order valence-corrected chi connectivity index (χ3v) is 3.45. The van der Waals surface area contributed by atoms with Crippen molar-refractivity contribution in [1.82, 2.24) is 5.32 Å². The first kappa shape index (κ1) is 14.1. The van der Waals surface area contributed by atoms with Gasteiger partial charge in [0, 0.05) is 17.8 Å². The number of carbonyl (C=O) groups excluding carboxylic acids is 1. The Morgan fingerprint density at radius 3 is 2.40 bits per heavy atom. The molecule has 0 aliphatic carbocycles. The fourth-order valence-corrected chi connectivity index (χ4v) is 1.99. The first-order valence-corrected chi connectivity index (χ1v) is 6.76. The van der Waals surface area contributed by atoms with Crippen LogP contribution in [0.2, 0.25) is 0 Å². The van der Waals surface area contributed by atoms with Crippen LogP contribution in [0.3, 0.4) is 0 Å². The molecule has 104 valence electrons. The lowest BCUT2D eigenvalue weighted by molar-refractivity contribution is 0.0954. The molecule has 2 aromatic rings. The average Bonchev–Trinajstić information content (AvgIpc) is 2.44. The SMILES string of the molecule is Cc1ccc(C(=O)NCCc2ccc(N)cc2)cc1C. The van der Waals surface area contributed by atoms with Crippen LogP contribution in [0.15, 0.2) is 42.5 Å². The molecule has 2 aromatic carbocycles. The van der Waals surface area contributed by atoms with Gasteiger partial charge in [-0.25, -0.2) is 0 Å². The van der Waals surface area contributed by atoms with Crippen molar-refractivity contribution in [3.63, 3.8) is 0 Å². The van der Waals surface area contributed by atoms with Gasteiger partial charge in [0.15, 0.2) is 0 Å². The summed E-state index contributed by atoms with van der Waals surface area (Å²) in [5.74, 6) is -0.0245. The Hall–Kier alpha value is -2.29. The summed E-state index contributed by atoms with van der Waals surface area (Å²) in [7, 11) is 0. The highest BCUT2D eigenvalue weighted by atomic mass is 16.1. The van der Waals surface area contributed by atoms with Crippen LogP contribution in [0, 0.1) is 13.8 Å². The number of hydrogen-bond donors (Lipinski definition) is 2. The van der Waals surface area contributed by atoms with E-state index in [4.69, 9.17) is 5.73 Å². The van der Waals surface area contributed by atoms with E-state index in [2.05, 4.69) is 5.32 Å². The van der Waals surface area contributed by atoms with Gasteiger partial charge in [-0.05, 0) is 61.2 Å². The second-order valence-electron chi connectivity index (χ2n) is 5.05. The van der Waals surface area contributed by atoms with Crippen molar-refractivity contribution < 1.29 is 4.79 Å². The summed E-state index contributed by atoms with van der Waals surface area (Å²) in [6.07, 6.45) is 0.802. The standard InChI is InChI=1S/C17H20N2O/c1-12-3-6-15(11-13(12)2)17(20)19-10-9-14-4-7-16(18)8-5-14/h3-8,11H,9-10,18H2,1-2H3,(H,19,20). The van der Waals surface area contributed by atoms with Crippen LogP contribution in [-0.2, 0) is 6.42 Å². The number of hydrogen-bond acceptors (Lipinski definition) is 2. The van der Waals surface area contributed by atoms with Crippen LogP contribution in [-0.4, -0.2) is 12.5 Å². The summed E-state index contributed by atoms with van der Waals surface area (Å²) < 4.78 is 0. The van der Waals surface area contributed by atoms with E-state index >= 15 is 0 Å². The highest BCUT2D eigenvalue weighted by Crippen LogP contribution is 2.10. The van der Waals surface area contributed by atoms with Crippen LogP contribution in [0.5, 0.6) is 0 Å². The summed E-state index contributed by atoms with van der Waals surface area (Å²) in [5.41, 5.74) is 10.6. The normalized spacial score (nSPS) is 10.3. The highest BCUT2D eigenvalue weighted by molar-refractivity contribution is 5.94. The molecule has 0 bridgehead atoms. The molecule has 0 aliphatic heterocycles. The van der Waals surface area contributed by atoms with Gasteiger partial charge in [0.2, 0.25) is 0 Å². The zero-order chi connectivity index (χ0) is 14.5. The van der Waals surface area contributed by atoms with Crippen LogP contribution in [0.4, 0.5) is 5.69 Å². The number of nitrogens with two attached hydrogens (primary N) is 1. The first-order chi connectivity index (χ1) is 9.56. The lowest BCUT2D eigenvalue weighted by Crippen LogP contribution is -2.25. The van der Waals surface area contributed by atoms with E-state index in [-0.39, 0.29) is 5.91 Å². The van der Waals surface area contributed by atoms with Gasteiger partial charge in [0.05, 0.1) is 0 Å². The van der Waals surface area contributed by atoms with Gasteiger partial charge in [0.1, 0.15) is 0 Å². The summed E-state index contributed by atoms with van der Waals surface area (Å²) in [6.45, 7) is 4.67. The number of nitrogen functional groups attached to an aromatic ring is 1. The molecule has 0 aromatic heterocycles. The first-order valence-electron chi connectivity index (χ1n) is 6.76. The molecule has 0 atom stereocenters. The average molecular weight is 268 g/mol. The predicted octanol–water partition coefficient (Wildman–Crippen LogP) is 2.86. The summed E-state index contributed by atoms with van der Waals surface area (Å²) in [5, 5.41) is 2.94. The van der Waals surface area contributed by atoms with Gasteiger partial charge in [-0.3, -0.25) is 4.79 Å². The number of benzene rings is 2. The van der Waals surface area contributed by atoms with E-state index in [1.807, 2.05) is 56.3 Å². The minimum atomic E-state index is -0.0245. The molecule has 0 spiro atoms. The fraction of sp³-hybridized carbons (Fsp3) is 0.235. The Balaban J connectivity index is 1.88. The number of rotatable bonds is 4. The maximum absolute atomic E-state index is 12.0.